The van der Waals surface area contributed by atoms with Crippen molar-refractivity contribution in [1.82, 2.24) is 4.90 Å². The van der Waals surface area contributed by atoms with Crippen molar-refractivity contribution in [2.45, 2.75) is 31.2 Å². The second-order valence-corrected chi connectivity index (χ2v) is 5.05. The minimum absolute atomic E-state index is 0.0109. The van der Waals surface area contributed by atoms with Crippen LogP contribution in [0.15, 0.2) is 24.3 Å². The number of nitrogens with zero attached hydrogens (tertiary/aromatic N) is 1. The summed E-state index contributed by atoms with van der Waals surface area (Å²) in [5.74, 6) is 0.281. The van der Waals surface area contributed by atoms with Crippen molar-refractivity contribution in [2.24, 2.45) is 0 Å². The Morgan fingerprint density at radius 2 is 2.12 bits per heavy atom. The molecule has 17 heavy (non-hydrogen) atoms. The number of carbonyl (C=O) groups excluding carboxylic acids is 1. The fourth-order valence-electron chi connectivity index (χ4n) is 2.70. The van der Waals surface area contributed by atoms with E-state index in [1.165, 1.54) is 19.3 Å². The Morgan fingerprint density at radius 3 is 2.82 bits per heavy atom. The summed E-state index contributed by atoms with van der Waals surface area (Å²) >= 11 is 0. The molecular weight excluding hydrogens is 212 g/mol. The van der Waals surface area contributed by atoms with Gasteiger partial charge < -0.3 is 10.2 Å². The molecule has 3 rings (SSSR count). The Morgan fingerprint density at radius 1 is 1.35 bits per heavy atom. The summed E-state index contributed by atoms with van der Waals surface area (Å²) in [5.41, 5.74) is 2.27. The number of para-hydroxylation sites is 1. The van der Waals surface area contributed by atoms with Gasteiger partial charge in [-0.25, -0.2) is 0 Å². The highest BCUT2D eigenvalue weighted by Crippen LogP contribution is 2.34. The Hall–Kier alpha value is -1.51. The summed E-state index contributed by atoms with van der Waals surface area (Å²) < 4.78 is 0. The molecule has 3 nitrogen and oxygen atoms in total. The van der Waals surface area contributed by atoms with E-state index in [0.717, 1.165) is 17.8 Å². The van der Waals surface area contributed by atoms with Gasteiger partial charge in [-0.05, 0) is 30.9 Å². The molecule has 1 saturated carbocycles. The van der Waals surface area contributed by atoms with Crippen LogP contribution in [0.4, 0.5) is 5.69 Å². The molecule has 1 unspecified atom stereocenters. The largest absolute Gasteiger partial charge is 0.384 e. The van der Waals surface area contributed by atoms with E-state index in [1.807, 2.05) is 30.1 Å². The third kappa shape index (κ3) is 1.70. The molecular formula is C14H18N2O. The van der Waals surface area contributed by atoms with Gasteiger partial charge in [-0.15, -0.1) is 0 Å². The second kappa shape index (κ2) is 4.06. The first-order chi connectivity index (χ1) is 8.27. The number of rotatable bonds is 2. The lowest BCUT2D eigenvalue weighted by atomic mass is 9.90. The van der Waals surface area contributed by atoms with Crippen molar-refractivity contribution < 1.29 is 4.79 Å². The minimum Gasteiger partial charge on any atom is -0.384 e. The SMILES string of the molecule is CN(C(=O)C1CNc2ccccc21)C1CCC1. The van der Waals surface area contributed by atoms with E-state index in [2.05, 4.69) is 11.4 Å². The van der Waals surface area contributed by atoms with E-state index in [1.54, 1.807) is 0 Å². The molecule has 1 aliphatic heterocycles. The summed E-state index contributed by atoms with van der Waals surface area (Å²) in [6.45, 7) is 0.745. The van der Waals surface area contributed by atoms with Crippen LogP contribution in [0.1, 0.15) is 30.7 Å². The van der Waals surface area contributed by atoms with Crippen LogP contribution in [0.5, 0.6) is 0 Å². The number of fused-ring (bicyclic) bond motifs is 1. The second-order valence-electron chi connectivity index (χ2n) is 5.05. The number of carbonyl (C=O) groups is 1. The van der Waals surface area contributed by atoms with Crippen molar-refractivity contribution in [2.75, 3.05) is 18.9 Å². The van der Waals surface area contributed by atoms with Gasteiger partial charge in [0.05, 0.1) is 5.92 Å². The van der Waals surface area contributed by atoms with Crippen LogP contribution in [0.2, 0.25) is 0 Å². The molecule has 1 amide bonds. The molecule has 0 radical (unpaired) electrons. The first-order valence-corrected chi connectivity index (χ1v) is 6.37. The molecule has 1 N–H and O–H groups in total. The highest BCUT2D eigenvalue weighted by Gasteiger charge is 2.34. The summed E-state index contributed by atoms with van der Waals surface area (Å²) in [6.07, 6.45) is 3.61. The first kappa shape index (κ1) is 10.6. The lowest BCUT2D eigenvalue weighted by Gasteiger charge is -2.36. The highest BCUT2D eigenvalue weighted by molar-refractivity contribution is 5.88. The monoisotopic (exact) mass is 230 g/mol. The Balaban J connectivity index is 1.79. The smallest absolute Gasteiger partial charge is 0.231 e. The molecule has 2 aliphatic rings. The predicted octanol–water partition coefficient (Wildman–Crippen LogP) is 2.21. The van der Waals surface area contributed by atoms with Crippen molar-refractivity contribution in [3.8, 4) is 0 Å². The molecule has 3 heteroatoms. The third-order valence-electron chi connectivity index (χ3n) is 4.10. The molecule has 0 saturated heterocycles. The van der Waals surface area contributed by atoms with Crippen LogP contribution in [0, 0.1) is 0 Å². The molecule has 1 atom stereocenters. The maximum absolute atomic E-state index is 12.4. The zero-order chi connectivity index (χ0) is 11.8. The third-order valence-corrected chi connectivity index (χ3v) is 4.10. The Labute approximate surface area is 102 Å². The fraction of sp³-hybridized carbons (Fsp3) is 0.500. The number of hydrogen-bond acceptors (Lipinski definition) is 2. The molecule has 0 aromatic heterocycles. The quantitative estimate of drug-likeness (QED) is 0.844. The van der Waals surface area contributed by atoms with Gasteiger partial charge in [0, 0.05) is 25.3 Å². The van der Waals surface area contributed by atoms with E-state index < -0.39 is 0 Å². The molecule has 1 aliphatic carbocycles. The van der Waals surface area contributed by atoms with Crippen LogP contribution < -0.4 is 5.32 Å². The molecule has 0 spiro atoms. The topological polar surface area (TPSA) is 32.3 Å². The Kier molecular flexibility index (Phi) is 2.54. The van der Waals surface area contributed by atoms with E-state index >= 15 is 0 Å². The molecule has 1 aromatic rings. The number of hydrogen-bond donors (Lipinski definition) is 1. The first-order valence-electron chi connectivity index (χ1n) is 6.37. The van der Waals surface area contributed by atoms with Crippen molar-refractivity contribution in [3.63, 3.8) is 0 Å². The number of benzene rings is 1. The molecule has 1 fully saturated rings. The van der Waals surface area contributed by atoms with Gasteiger partial charge in [0.2, 0.25) is 5.91 Å². The molecule has 0 bridgehead atoms. The molecule has 1 heterocycles. The number of likely N-dealkylation sites (N-methyl/N-ethyl adjacent to an activating group) is 1. The summed E-state index contributed by atoms with van der Waals surface area (Å²) in [7, 11) is 1.95. The maximum Gasteiger partial charge on any atom is 0.231 e. The van der Waals surface area contributed by atoms with Gasteiger partial charge >= 0.3 is 0 Å². The van der Waals surface area contributed by atoms with Gasteiger partial charge in [-0.2, -0.15) is 0 Å². The zero-order valence-corrected chi connectivity index (χ0v) is 10.1. The van der Waals surface area contributed by atoms with E-state index in [0.29, 0.717) is 6.04 Å². The number of amides is 1. The Bertz CT molecular complexity index is 440. The zero-order valence-electron chi connectivity index (χ0n) is 10.1. The molecule has 1 aromatic carbocycles. The van der Waals surface area contributed by atoms with Gasteiger partial charge in [0.15, 0.2) is 0 Å². The average molecular weight is 230 g/mol. The van der Waals surface area contributed by atoms with Crippen molar-refractivity contribution in [1.29, 1.82) is 0 Å². The van der Waals surface area contributed by atoms with Crippen molar-refractivity contribution >= 4 is 11.6 Å². The van der Waals surface area contributed by atoms with E-state index in [9.17, 15) is 4.79 Å². The predicted molar refractivity (Wildman–Crippen MR) is 68.1 cm³/mol. The highest BCUT2D eigenvalue weighted by atomic mass is 16.2. The minimum atomic E-state index is 0.0109. The lowest BCUT2D eigenvalue weighted by molar-refractivity contribution is -0.134. The van der Waals surface area contributed by atoms with Gasteiger partial charge in [0.25, 0.3) is 0 Å². The molecule has 90 valence electrons. The average Bonchev–Trinajstić information content (AvgIpc) is 2.69. The van der Waals surface area contributed by atoms with Gasteiger partial charge in [-0.3, -0.25) is 4.79 Å². The van der Waals surface area contributed by atoms with Crippen LogP contribution >= 0.6 is 0 Å². The van der Waals surface area contributed by atoms with Crippen LogP contribution in [0.25, 0.3) is 0 Å². The summed E-state index contributed by atoms with van der Waals surface area (Å²) in [4.78, 5) is 14.4. The summed E-state index contributed by atoms with van der Waals surface area (Å²) in [5, 5.41) is 3.31. The van der Waals surface area contributed by atoms with Crippen molar-refractivity contribution in [3.05, 3.63) is 29.8 Å². The van der Waals surface area contributed by atoms with Crippen LogP contribution in [-0.2, 0) is 4.79 Å². The van der Waals surface area contributed by atoms with E-state index in [-0.39, 0.29) is 11.8 Å². The normalized spacial score (nSPS) is 22.5. The van der Waals surface area contributed by atoms with Gasteiger partial charge in [0.1, 0.15) is 0 Å². The summed E-state index contributed by atoms with van der Waals surface area (Å²) in [6, 6.07) is 8.61. The standard InChI is InChI=1S/C14H18N2O/c1-16(10-5-4-6-10)14(17)12-9-15-13-8-3-2-7-11(12)13/h2-3,7-8,10,12,15H,4-6,9H2,1H3. The van der Waals surface area contributed by atoms with Crippen LogP contribution in [0.3, 0.4) is 0 Å². The fourth-order valence-corrected chi connectivity index (χ4v) is 2.70. The van der Waals surface area contributed by atoms with Gasteiger partial charge in [-0.1, -0.05) is 18.2 Å². The van der Waals surface area contributed by atoms with E-state index in [4.69, 9.17) is 0 Å². The maximum atomic E-state index is 12.4. The number of nitrogens with one attached hydrogen (secondary N) is 1. The number of anilines is 1. The lowest BCUT2D eigenvalue weighted by Crippen LogP contribution is -2.43. The van der Waals surface area contributed by atoms with Crippen LogP contribution in [-0.4, -0.2) is 30.4 Å².